The van der Waals surface area contributed by atoms with Gasteiger partial charge in [-0.05, 0) is 17.9 Å². The third kappa shape index (κ3) is 6.66. The molecule has 186 valence electrons. The van der Waals surface area contributed by atoms with E-state index in [2.05, 4.69) is 15.6 Å². The van der Waals surface area contributed by atoms with Crippen molar-refractivity contribution in [3.05, 3.63) is 46.9 Å². The molecule has 0 aliphatic rings. The lowest BCUT2D eigenvalue weighted by Gasteiger charge is -2.43. The fourth-order valence-corrected chi connectivity index (χ4v) is 4.12. The Hall–Kier alpha value is -3.28. The second-order valence-corrected chi connectivity index (χ2v) is 10.9. The fraction of sp³-hybridized carbons (Fsp3) is 0.417. The Labute approximate surface area is 235 Å². The lowest BCUT2D eigenvalue weighted by atomic mass is 9.27. The highest BCUT2D eigenvalue weighted by atomic mass is 19.1. The number of carbonyl (C=O) groups is 1. The van der Waals surface area contributed by atoms with Crippen LogP contribution in [0.15, 0.2) is 28.8 Å². The molecule has 3 N–H and O–H groups in total. The first-order valence-corrected chi connectivity index (χ1v) is 11.9. The van der Waals surface area contributed by atoms with E-state index >= 15 is 0 Å². The average molecular weight is 511 g/mol. The average Bonchev–Trinajstić information content (AvgIpc) is 3.29. The van der Waals surface area contributed by atoms with E-state index in [9.17, 15) is 14.4 Å². The molecular formula is C24H23B6FN6O2. The van der Waals surface area contributed by atoms with Crippen molar-refractivity contribution in [2.24, 2.45) is 5.41 Å². The van der Waals surface area contributed by atoms with Gasteiger partial charge in [0.1, 0.15) is 28.8 Å². The molecule has 2 heterocycles. The summed E-state index contributed by atoms with van der Waals surface area (Å²) in [5, 5.41) is 16.2. The van der Waals surface area contributed by atoms with Gasteiger partial charge in [0.2, 0.25) is 11.7 Å². The third-order valence-corrected chi connectivity index (χ3v) is 5.96. The van der Waals surface area contributed by atoms with Crippen LogP contribution in [0.2, 0.25) is 10.2 Å². The molecule has 0 saturated carbocycles. The predicted octanol–water partition coefficient (Wildman–Crippen LogP) is 2.16. The SMILES string of the molecule is [B]C([B])([B])C(n1nc(-c2ccc(C(C)C(=O)Nc3onc(CC(C)(C)C)c3F)cc2)c(C#N)c1N)C([B])([B])[B]. The summed E-state index contributed by atoms with van der Waals surface area (Å²) in [5.41, 5.74) is 7.25. The normalized spacial score (nSPS) is 13.3. The topological polar surface area (TPSA) is 123 Å². The lowest BCUT2D eigenvalue weighted by Crippen LogP contribution is -2.39. The monoisotopic (exact) mass is 512 g/mol. The second kappa shape index (κ2) is 10.7. The fourth-order valence-electron chi connectivity index (χ4n) is 4.12. The molecule has 1 amide bonds. The molecule has 1 aromatic carbocycles. The lowest BCUT2D eigenvalue weighted by molar-refractivity contribution is -0.117. The standard InChI is InChI=1S/C24H23B6FN6O2/c1-11(19(38)34-20-16(31)15(36-39-20)9-22(2,3)4)12-5-7-13(8-6-12)17-14(10-32)18(33)37(35-17)21(23(25,26)27)24(28,29)30/h5-8,11,21H,9,33H2,1-4H3,(H,34,38). The number of anilines is 2. The number of aromatic nitrogens is 3. The van der Waals surface area contributed by atoms with Gasteiger partial charge in [-0.2, -0.15) is 14.8 Å². The van der Waals surface area contributed by atoms with Crippen molar-refractivity contribution in [3.63, 3.8) is 0 Å². The number of nitrogen functional groups attached to an aromatic ring is 1. The number of carbonyl (C=O) groups excluding carboxylic acids is 1. The molecule has 0 fully saturated rings. The predicted molar refractivity (Wildman–Crippen MR) is 152 cm³/mol. The van der Waals surface area contributed by atoms with E-state index in [1.54, 1.807) is 31.2 Å². The summed E-state index contributed by atoms with van der Waals surface area (Å²) in [6.07, 6.45) is 0.340. The molecular weight excluding hydrogens is 488 g/mol. The Morgan fingerprint density at radius 1 is 1.15 bits per heavy atom. The molecule has 1 unspecified atom stereocenters. The largest absolute Gasteiger partial charge is 0.383 e. The summed E-state index contributed by atoms with van der Waals surface area (Å²) < 4.78 is 20.7. The molecule has 0 bridgehead atoms. The van der Waals surface area contributed by atoms with Gasteiger partial charge in [0.15, 0.2) is 0 Å². The van der Waals surface area contributed by atoms with Crippen LogP contribution in [0.5, 0.6) is 0 Å². The Morgan fingerprint density at radius 3 is 2.21 bits per heavy atom. The highest BCUT2D eigenvalue weighted by Crippen LogP contribution is 2.45. The highest BCUT2D eigenvalue weighted by molar-refractivity contribution is 6.64. The van der Waals surface area contributed by atoms with Crippen LogP contribution in [0.25, 0.3) is 11.3 Å². The Morgan fingerprint density at radius 2 is 1.72 bits per heavy atom. The molecule has 39 heavy (non-hydrogen) atoms. The van der Waals surface area contributed by atoms with E-state index in [1.165, 1.54) is 0 Å². The maximum Gasteiger partial charge on any atom is 0.267 e. The van der Waals surface area contributed by atoms with Gasteiger partial charge >= 0.3 is 0 Å². The number of amides is 1. The van der Waals surface area contributed by atoms with Crippen LogP contribution >= 0.6 is 0 Å². The smallest absolute Gasteiger partial charge is 0.267 e. The van der Waals surface area contributed by atoms with E-state index in [-0.39, 0.29) is 34.1 Å². The first-order valence-electron chi connectivity index (χ1n) is 11.9. The van der Waals surface area contributed by atoms with Gasteiger partial charge in [-0.25, -0.2) is 4.68 Å². The van der Waals surface area contributed by atoms with Crippen LogP contribution in [-0.4, -0.2) is 67.9 Å². The minimum Gasteiger partial charge on any atom is -0.383 e. The zero-order valence-corrected chi connectivity index (χ0v) is 22.2. The van der Waals surface area contributed by atoms with Crippen molar-refractivity contribution in [1.29, 1.82) is 5.26 Å². The van der Waals surface area contributed by atoms with E-state index in [0.717, 1.165) is 4.68 Å². The number of rotatable bonds is 8. The van der Waals surface area contributed by atoms with Crippen LogP contribution in [-0.2, 0) is 11.2 Å². The van der Waals surface area contributed by atoms with Gasteiger partial charge in [0, 0.05) is 18.0 Å². The number of nitriles is 1. The number of nitrogens with two attached hydrogens (primary N) is 1. The van der Waals surface area contributed by atoms with Crippen LogP contribution in [0, 0.1) is 22.6 Å². The van der Waals surface area contributed by atoms with E-state index in [1.807, 2.05) is 26.8 Å². The Kier molecular flexibility index (Phi) is 8.31. The van der Waals surface area contributed by atoms with Crippen molar-refractivity contribution in [2.75, 3.05) is 11.1 Å². The van der Waals surface area contributed by atoms with Gasteiger partial charge in [-0.3, -0.25) is 10.1 Å². The molecule has 0 saturated heterocycles. The third-order valence-electron chi connectivity index (χ3n) is 5.96. The number of halogens is 1. The number of hydrogen-bond donors (Lipinski definition) is 2. The molecule has 0 spiro atoms. The molecule has 0 aliphatic carbocycles. The van der Waals surface area contributed by atoms with Crippen molar-refractivity contribution < 1.29 is 13.7 Å². The van der Waals surface area contributed by atoms with Crippen LogP contribution in [0.1, 0.15) is 56.5 Å². The Bertz CT molecular complexity index is 1380. The molecule has 0 aliphatic heterocycles. The summed E-state index contributed by atoms with van der Waals surface area (Å²) in [4.78, 5) is 12.8. The maximum absolute atomic E-state index is 14.7. The molecule has 1 atom stereocenters. The molecule has 8 nitrogen and oxygen atoms in total. The van der Waals surface area contributed by atoms with E-state index < -0.39 is 33.9 Å². The summed E-state index contributed by atoms with van der Waals surface area (Å²) >= 11 is 0. The van der Waals surface area contributed by atoms with Crippen molar-refractivity contribution in [1.82, 2.24) is 14.9 Å². The van der Waals surface area contributed by atoms with Gasteiger partial charge in [-0.15, -0.1) is 10.2 Å². The first kappa shape index (κ1) is 30.3. The summed E-state index contributed by atoms with van der Waals surface area (Å²) in [6, 6.07) is 7.12. The first-order chi connectivity index (χ1) is 17.8. The van der Waals surface area contributed by atoms with E-state index in [4.69, 9.17) is 57.3 Å². The number of nitrogens with one attached hydrogen (secondary N) is 1. The molecule has 15 heteroatoms. The number of nitrogens with zero attached hydrogens (tertiary/aromatic N) is 4. The maximum atomic E-state index is 14.7. The summed E-state index contributed by atoms with van der Waals surface area (Å²) in [6.45, 7) is 7.45. The Balaban J connectivity index is 1.87. The molecule has 12 radical (unpaired) electrons. The van der Waals surface area contributed by atoms with Crippen LogP contribution in [0.4, 0.5) is 16.1 Å². The van der Waals surface area contributed by atoms with Crippen molar-refractivity contribution >= 4 is 64.7 Å². The van der Waals surface area contributed by atoms with Gasteiger partial charge in [0.05, 0.1) is 53.0 Å². The zero-order chi connectivity index (χ0) is 29.5. The molecule has 3 rings (SSSR count). The molecule has 3 aromatic rings. The second-order valence-electron chi connectivity index (χ2n) is 10.9. The van der Waals surface area contributed by atoms with Gasteiger partial charge in [-0.1, -0.05) is 50.2 Å². The minimum absolute atomic E-state index is 0.0149. The van der Waals surface area contributed by atoms with Crippen molar-refractivity contribution in [2.45, 2.75) is 56.3 Å². The van der Waals surface area contributed by atoms with Gasteiger partial charge in [0.25, 0.3) is 5.88 Å². The number of benzene rings is 1. The molecule has 2 aromatic heterocycles. The van der Waals surface area contributed by atoms with Crippen LogP contribution < -0.4 is 11.1 Å². The highest BCUT2D eigenvalue weighted by Gasteiger charge is 2.37. The number of hydrogen-bond acceptors (Lipinski definition) is 6. The minimum atomic E-state index is -2.04. The van der Waals surface area contributed by atoms with Gasteiger partial charge < -0.3 is 10.3 Å². The van der Waals surface area contributed by atoms with E-state index in [0.29, 0.717) is 17.5 Å². The van der Waals surface area contributed by atoms with Crippen LogP contribution in [0.3, 0.4) is 0 Å². The quantitative estimate of drug-likeness (QED) is 0.447. The zero-order valence-electron chi connectivity index (χ0n) is 22.2. The van der Waals surface area contributed by atoms with Crippen molar-refractivity contribution in [3.8, 4) is 17.3 Å². The summed E-state index contributed by atoms with van der Waals surface area (Å²) in [7, 11) is 34.9. The summed E-state index contributed by atoms with van der Waals surface area (Å²) in [5.74, 6) is -2.40.